The van der Waals surface area contributed by atoms with Crippen LogP contribution >= 0.6 is 0 Å². The maximum atomic E-state index is 12.9. The van der Waals surface area contributed by atoms with Gasteiger partial charge in [-0.05, 0) is 42.0 Å². The van der Waals surface area contributed by atoms with Crippen molar-refractivity contribution in [3.05, 3.63) is 89.7 Å². The highest BCUT2D eigenvalue weighted by atomic mass is 16.5. The Labute approximate surface area is 152 Å². The Kier molecular flexibility index (Phi) is 4.27. The molecule has 2 aromatic carbocycles. The van der Waals surface area contributed by atoms with E-state index in [4.69, 9.17) is 4.74 Å². The molecule has 0 saturated heterocycles. The van der Waals surface area contributed by atoms with Crippen molar-refractivity contribution in [2.24, 2.45) is 0 Å². The normalized spacial score (nSPS) is 15.7. The number of fused-ring (bicyclic) bond motifs is 1. The first-order chi connectivity index (χ1) is 12.8. The zero-order valence-corrected chi connectivity index (χ0v) is 14.4. The molecule has 1 amide bonds. The monoisotopic (exact) mass is 345 g/mol. The molecular formula is C21H19N3O2. The number of ether oxygens (including phenoxy) is 1. The van der Waals surface area contributed by atoms with Crippen LogP contribution in [0.15, 0.2) is 72.9 Å². The van der Waals surface area contributed by atoms with Gasteiger partial charge in [0.15, 0.2) is 0 Å². The third-order valence-corrected chi connectivity index (χ3v) is 4.49. The second-order valence-corrected chi connectivity index (χ2v) is 6.13. The van der Waals surface area contributed by atoms with E-state index in [0.717, 1.165) is 22.7 Å². The average molecular weight is 345 g/mol. The van der Waals surface area contributed by atoms with Gasteiger partial charge in [-0.25, -0.2) is 0 Å². The van der Waals surface area contributed by atoms with Crippen LogP contribution in [-0.4, -0.2) is 22.9 Å². The molecule has 5 heteroatoms. The molecule has 1 N–H and O–H groups in total. The molecule has 0 unspecified atom stereocenters. The molecular weight excluding hydrogens is 326 g/mol. The van der Waals surface area contributed by atoms with Gasteiger partial charge >= 0.3 is 0 Å². The van der Waals surface area contributed by atoms with E-state index in [1.165, 1.54) is 0 Å². The van der Waals surface area contributed by atoms with Crippen LogP contribution in [0.25, 0.3) is 0 Å². The maximum Gasteiger partial charge on any atom is 0.258 e. The molecule has 1 aliphatic heterocycles. The molecule has 0 fully saturated rings. The highest BCUT2D eigenvalue weighted by Gasteiger charge is 2.37. The predicted molar refractivity (Wildman–Crippen MR) is 99.9 cm³/mol. The Morgan fingerprint density at radius 1 is 1.04 bits per heavy atom. The lowest BCUT2D eigenvalue weighted by atomic mass is 10.2. The summed E-state index contributed by atoms with van der Waals surface area (Å²) in [5, 5.41) is 3.44. The largest absolute Gasteiger partial charge is 0.497 e. The van der Waals surface area contributed by atoms with Gasteiger partial charge in [-0.15, -0.1) is 0 Å². The minimum Gasteiger partial charge on any atom is -0.497 e. The molecule has 1 atom stereocenters. The van der Waals surface area contributed by atoms with Crippen LogP contribution in [0, 0.1) is 0 Å². The van der Waals surface area contributed by atoms with Gasteiger partial charge in [0.2, 0.25) is 0 Å². The molecule has 5 nitrogen and oxygen atoms in total. The van der Waals surface area contributed by atoms with Crippen molar-refractivity contribution in [3.8, 4) is 5.75 Å². The molecule has 0 bridgehead atoms. The number of anilines is 1. The zero-order chi connectivity index (χ0) is 17.9. The van der Waals surface area contributed by atoms with Crippen LogP contribution in [-0.2, 0) is 6.54 Å². The highest BCUT2D eigenvalue weighted by Crippen LogP contribution is 2.34. The number of hydrogen-bond acceptors (Lipinski definition) is 4. The van der Waals surface area contributed by atoms with Crippen molar-refractivity contribution in [1.82, 2.24) is 9.88 Å². The number of carbonyl (C=O) groups is 1. The van der Waals surface area contributed by atoms with Crippen molar-refractivity contribution in [2.75, 3.05) is 12.4 Å². The van der Waals surface area contributed by atoms with E-state index in [9.17, 15) is 4.79 Å². The van der Waals surface area contributed by atoms with Gasteiger partial charge in [-0.2, -0.15) is 0 Å². The van der Waals surface area contributed by atoms with Crippen LogP contribution in [0.3, 0.4) is 0 Å². The summed E-state index contributed by atoms with van der Waals surface area (Å²) in [5.74, 6) is 0.778. The van der Waals surface area contributed by atoms with E-state index in [0.29, 0.717) is 12.1 Å². The maximum absolute atomic E-state index is 12.9. The van der Waals surface area contributed by atoms with Gasteiger partial charge in [0.05, 0.1) is 18.4 Å². The lowest BCUT2D eigenvalue weighted by Gasteiger charge is -2.26. The molecule has 26 heavy (non-hydrogen) atoms. The number of nitrogens with zero attached hydrogens (tertiary/aromatic N) is 2. The fraction of sp³-hybridized carbons (Fsp3) is 0.143. The van der Waals surface area contributed by atoms with Crippen molar-refractivity contribution in [3.63, 3.8) is 0 Å². The molecule has 1 aromatic heterocycles. The second-order valence-electron chi connectivity index (χ2n) is 6.13. The van der Waals surface area contributed by atoms with Crippen LogP contribution in [0.2, 0.25) is 0 Å². The number of hydrogen-bond donors (Lipinski definition) is 1. The number of benzene rings is 2. The van der Waals surface area contributed by atoms with Crippen LogP contribution < -0.4 is 10.1 Å². The van der Waals surface area contributed by atoms with Gasteiger partial charge in [0, 0.05) is 18.4 Å². The summed E-state index contributed by atoms with van der Waals surface area (Å²) in [7, 11) is 1.64. The molecule has 2 heterocycles. The minimum atomic E-state index is -0.313. The van der Waals surface area contributed by atoms with Crippen molar-refractivity contribution in [1.29, 1.82) is 0 Å². The average Bonchev–Trinajstić information content (AvgIpc) is 2.95. The van der Waals surface area contributed by atoms with E-state index < -0.39 is 0 Å². The van der Waals surface area contributed by atoms with Crippen LogP contribution in [0.5, 0.6) is 5.75 Å². The zero-order valence-electron chi connectivity index (χ0n) is 14.4. The molecule has 0 saturated carbocycles. The Bertz CT molecular complexity index is 910. The number of nitrogens with one attached hydrogen (secondary N) is 1. The Morgan fingerprint density at radius 3 is 2.54 bits per heavy atom. The number of methoxy groups -OCH3 is 1. The van der Waals surface area contributed by atoms with Crippen LogP contribution in [0.1, 0.15) is 27.8 Å². The van der Waals surface area contributed by atoms with E-state index in [2.05, 4.69) is 10.3 Å². The third kappa shape index (κ3) is 2.99. The van der Waals surface area contributed by atoms with Gasteiger partial charge in [0.1, 0.15) is 11.9 Å². The summed E-state index contributed by atoms with van der Waals surface area (Å²) >= 11 is 0. The topological polar surface area (TPSA) is 54.5 Å². The number of pyridine rings is 1. The summed E-state index contributed by atoms with van der Waals surface area (Å²) < 4.78 is 5.21. The molecule has 4 rings (SSSR count). The summed E-state index contributed by atoms with van der Waals surface area (Å²) in [5.41, 5.74) is 3.38. The van der Waals surface area contributed by atoms with Crippen LogP contribution in [0.4, 0.5) is 5.69 Å². The van der Waals surface area contributed by atoms with Crippen molar-refractivity contribution < 1.29 is 9.53 Å². The first-order valence-corrected chi connectivity index (χ1v) is 8.46. The summed E-state index contributed by atoms with van der Waals surface area (Å²) in [6, 6.07) is 21.3. The van der Waals surface area contributed by atoms with E-state index in [-0.39, 0.29) is 12.1 Å². The SMILES string of the molecule is COc1ccc(N[C@H]2c3ncccc3C(=O)N2Cc2ccccc2)cc1. The van der Waals surface area contributed by atoms with Crippen molar-refractivity contribution >= 4 is 11.6 Å². The molecule has 0 radical (unpaired) electrons. The Balaban J connectivity index is 1.66. The molecule has 0 spiro atoms. The summed E-state index contributed by atoms with van der Waals surface area (Å²) in [6.07, 6.45) is 1.41. The molecule has 0 aliphatic carbocycles. The standard InChI is InChI=1S/C21H19N3O2/c1-26-17-11-9-16(10-12-17)23-20-19-18(8-5-13-22-19)21(25)24(20)14-15-6-3-2-4-7-15/h2-13,20,23H,14H2,1H3/t20-/m1/s1. The fourth-order valence-electron chi connectivity index (χ4n) is 3.17. The quantitative estimate of drug-likeness (QED) is 0.763. The fourth-order valence-corrected chi connectivity index (χ4v) is 3.17. The number of amides is 1. The summed E-state index contributed by atoms with van der Waals surface area (Å²) in [4.78, 5) is 19.2. The predicted octanol–water partition coefficient (Wildman–Crippen LogP) is 3.86. The molecule has 130 valence electrons. The smallest absolute Gasteiger partial charge is 0.258 e. The first-order valence-electron chi connectivity index (χ1n) is 8.46. The lowest BCUT2D eigenvalue weighted by molar-refractivity contribution is 0.0728. The number of carbonyl (C=O) groups excluding carboxylic acids is 1. The molecule has 3 aromatic rings. The second kappa shape index (κ2) is 6.88. The molecule has 1 aliphatic rings. The number of rotatable bonds is 5. The van der Waals surface area contributed by atoms with E-state index >= 15 is 0 Å². The minimum absolute atomic E-state index is 0.0111. The van der Waals surface area contributed by atoms with Gasteiger partial charge < -0.3 is 15.0 Å². The summed E-state index contributed by atoms with van der Waals surface area (Å²) in [6.45, 7) is 0.518. The highest BCUT2D eigenvalue weighted by molar-refractivity contribution is 5.98. The number of aromatic nitrogens is 1. The Hall–Kier alpha value is -3.34. The lowest BCUT2D eigenvalue weighted by Crippen LogP contribution is -2.32. The van der Waals surface area contributed by atoms with E-state index in [1.807, 2.05) is 65.6 Å². The Morgan fingerprint density at radius 2 is 1.81 bits per heavy atom. The van der Waals surface area contributed by atoms with Gasteiger partial charge in [0.25, 0.3) is 5.91 Å². The van der Waals surface area contributed by atoms with Crippen molar-refractivity contribution in [2.45, 2.75) is 12.7 Å². The van der Waals surface area contributed by atoms with Gasteiger partial charge in [-0.3, -0.25) is 9.78 Å². The van der Waals surface area contributed by atoms with E-state index in [1.54, 1.807) is 19.4 Å². The van der Waals surface area contributed by atoms with Gasteiger partial charge in [-0.1, -0.05) is 30.3 Å². The third-order valence-electron chi connectivity index (χ3n) is 4.49. The first kappa shape index (κ1) is 16.1.